The van der Waals surface area contributed by atoms with Gasteiger partial charge in [-0.2, -0.15) is 25.2 Å². The number of anilines is 3. The van der Waals surface area contributed by atoms with Crippen LogP contribution in [-0.2, 0) is 0 Å². The van der Waals surface area contributed by atoms with Gasteiger partial charge in [0.05, 0.1) is 11.9 Å². The van der Waals surface area contributed by atoms with Crippen molar-refractivity contribution in [2.45, 2.75) is 20.8 Å². The maximum Gasteiger partial charge on any atom is 0.257 e. The Balaban J connectivity index is 1.65. The molecule has 1 aromatic carbocycles. The molecule has 0 aliphatic carbocycles. The highest BCUT2D eigenvalue weighted by Gasteiger charge is 2.12. The van der Waals surface area contributed by atoms with Crippen LogP contribution >= 0.6 is 15.9 Å². The summed E-state index contributed by atoms with van der Waals surface area (Å²) in [5.74, 6) is 2.44. The summed E-state index contributed by atoms with van der Waals surface area (Å²) in [5.41, 5.74) is 5.45. The van der Waals surface area contributed by atoms with Gasteiger partial charge in [-0.3, -0.25) is 0 Å². The number of nitrogens with one attached hydrogen (secondary N) is 2. The van der Waals surface area contributed by atoms with Gasteiger partial charge in [0.15, 0.2) is 0 Å². The normalized spacial score (nSPS) is 11.2. The lowest BCUT2D eigenvalue weighted by atomic mass is 10.3. The number of rotatable bonds is 6. The summed E-state index contributed by atoms with van der Waals surface area (Å²) in [5, 5.41) is 11.8. The molecule has 0 aliphatic heterocycles. The quantitative estimate of drug-likeness (QED) is 0.317. The second-order valence-corrected chi connectivity index (χ2v) is 7.49. The van der Waals surface area contributed by atoms with E-state index in [0.29, 0.717) is 17.7 Å². The summed E-state index contributed by atoms with van der Waals surface area (Å²) in [6.07, 6.45) is 1.56. The first-order chi connectivity index (χ1) is 14.5. The van der Waals surface area contributed by atoms with E-state index in [0.717, 1.165) is 27.3 Å². The number of hydrogen-bond donors (Lipinski definition) is 2. The van der Waals surface area contributed by atoms with Gasteiger partial charge in [0.1, 0.15) is 11.5 Å². The Morgan fingerprint density at radius 2 is 1.77 bits per heavy atom. The topological polar surface area (TPSA) is 106 Å². The van der Waals surface area contributed by atoms with E-state index in [-0.39, 0.29) is 5.95 Å². The maximum atomic E-state index is 5.47. The highest BCUT2D eigenvalue weighted by molar-refractivity contribution is 9.10. The van der Waals surface area contributed by atoms with E-state index in [2.05, 4.69) is 51.8 Å². The van der Waals surface area contributed by atoms with Gasteiger partial charge in [0, 0.05) is 15.9 Å². The predicted octanol–water partition coefficient (Wildman–Crippen LogP) is 4.53. The molecule has 0 aliphatic rings. The highest BCUT2D eigenvalue weighted by Crippen LogP contribution is 2.19. The number of benzene rings is 1. The van der Waals surface area contributed by atoms with Crippen molar-refractivity contribution in [1.29, 1.82) is 0 Å². The third-order valence-electron chi connectivity index (χ3n) is 4.04. The number of aryl methyl sites for hydroxylation is 3. The van der Waals surface area contributed by atoms with Crippen LogP contribution < -0.4 is 10.7 Å². The van der Waals surface area contributed by atoms with Gasteiger partial charge < -0.3 is 9.73 Å². The van der Waals surface area contributed by atoms with Gasteiger partial charge in [0.25, 0.3) is 5.95 Å². The van der Waals surface area contributed by atoms with Crippen molar-refractivity contribution in [3.05, 3.63) is 69.8 Å². The molecular weight excluding hydrogens is 448 g/mol. The molecule has 0 saturated carbocycles. The van der Waals surface area contributed by atoms with Crippen LogP contribution in [0.5, 0.6) is 0 Å². The first-order valence-corrected chi connectivity index (χ1v) is 9.93. The van der Waals surface area contributed by atoms with Crippen LogP contribution in [0.3, 0.4) is 0 Å². The Morgan fingerprint density at radius 3 is 2.43 bits per heavy atom. The van der Waals surface area contributed by atoms with Gasteiger partial charge in [-0.15, -0.1) is 0 Å². The van der Waals surface area contributed by atoms with Crippen molar-refractivity contribution in [2.24, 2.45) is 5.10 Å². The van der Waals surface area contributed by atoms with E-state index < -0.39 is 0 Å². The Kier molecular flexibility index (Phi) is 5.57. The van der Waals surface area contributed by atoms with Gasteiger partial charge in [-0.05, 0) is 63.2 Å². The van der Waals surface area contributed by atoms with Crippen LogP contribution in [0.2, 0.25) is 0 Å². The molecule has 152 valence electrons. The third-order valence-corrected chi connectivity index (χ3v) is 4.57. The number of hydrogen-bond acceptors (Lipinski definition) is 8. The van der Waals surface area contributed by atoms with Crippen molar-refractivity contribution < 1.29 is 4.42 Å². The zero-order valence-electron chi connectivity index (χ0n) is 16.6. The number of hydrazone groups is 1. The largest absolute Gasteiger partial charge is 0.460 e. The Labute approximate surface area is 181 Å². The molecule has 2 N–H and O–H groups in total. The zero-order chi connectivity index (χ0) is 21.1. The zero-order valence-corrected chi connectivity index (χ0v) is 18.2. The number of aromatic nitrogens is 5. The van der Waals surface area contributed by atoms with Crippen LogP contribution in [0.25, 0.3) is 5.95 Å². The lowest BCUT2D eigenvalue weighted by molar-refractivity contribution is 0.528. The summed E-state index contributed by atoms with van der Waals surface area (Å²) in [4.78, 5) is 13.4. The molecule has 30 heavy (non-hydrogen) atoms. The fourth-order valence-electron chi connectivity index (χ4n) is 2.74. The average molecular weight is 467 g/mol. The molecule has 0 radical (unpaired) electrons. The molecule has 10 heteroatoms. The fourth-order valence-corrected chi connectivity index (χ4v) is 3.00. The minimum Gasteiger partial charge on any atom is -0.460 e. The fraction of sp³-hybridized carbons (Fsp3) is 0.150. The molecule has 4 aromatic rings. The third kappa shape index (κ3) is 4.71. The first kappa shape index (κ1) is 19.8. The van der Waals surface area contributed by atoms with Crippen LogP contribution in [0, 0.1) is 20.8 Å². The second-order valence-electron chi connectivity index (χ2n) is 6.57. The van der Waals surface area contributed by atoms with E-state index in [1.54, 1.807) is 10.9 Å². The van der Waals surface area contributed by atoms with Gasteiger partial charge in [0.2, 0.25) is 11.9 Å². The summed E-state index contributed by atoms with van der Waals surface area (Å²) < 4.78 is 8.12. The summed E-state index contributed by atoms with van der Waals surface area (Å²) in [6.45, 7) is 5.73. The minimum atomic E-state index is 0.270. The van der Waals surface area contributed by atoms with Crippen molar-refractivity contribution in [1.82, 2.24) is 24.7 Å². The maximum absolute atomic E-state index is 5.47. The molecule has 3 aromatic heterocycles. The molecule has 0 saturated heterocycles. The lowest BCUT2D eigenvalue weighted by Crippen LogP contribution is -2.11. The van der Waals surface area contributed by atoms with E-state index in [9.17, 15) is 0 Å². The molecule has 0 fully saturated rings. The lowest BCUT2D eigenvalue weighted by Gasteiger charge is -2.09. The molecular formula is C20H19BrN8O. The van der Waals surface area contributed by atoms with E-state index in [1.807, 2.05) is 63.2 Å². The first-order valence-electron chi connectivity index (χ1n) is 9.14. The van der Waals surface area contributed by atoms with Gasteiger partial charge in [-0.1, -0.05) is 15.9 Å². The van der Waals surface area contributed by atoms with E-state index >= 15 is 0 Å². The van der Waals surface area contributed by atoms with E-state index in [1.165, 1.54) is 0 Å². The number of nitrogens with zero attached hydrogens (tertiary/aromatic N) is 6. The summed E-state index contributed by atoms with van der Waals surface area (Å²) in [6, 6.07) is 13.3. The molecule has 0 atom stereocenters. The summed E-state index contributed by atoms with van der Waals surface area (Å²) >= 11 is 3.43. The smallest absolute Gasteiger partial charge is 0.257 e. The average Bonchev–Trinajstić information content (AvgIpc) is 3.28. The highest BCUT2D eigenvalue weighted by atomic mass is 79.9. The molecule has 0 amide bonds. The van der Waals surface area contributed by atoms with Gasteiger partial charge >= 0.3 is 0 Å². The molecule has 3 heterocycles. The minimum absolute atomic E-state index is 0.270. The molecule has 0 spiro atoms. The second kappa shape index (κ2) is 8.46. The number of furan rings is 1. The number of halogens is 1. The molecule has 9 nitrogen and oxygen atoms in total. The predicted molar refractivity (Wildman–Crippen MR) is 119 cm³/mol. The monoisotopic (exact) mass is 466 g/mol. The Bertz CT molecular complexity index is 1200. The Hall–Kier alpha value is -3.53. The van der Waals surface area contributed by atoms with Crippen molar-refractivity contribution in [3.63, 3.8) is 0 Å². The van der Waals surface area contributed by atoms with Crippen LogP contribution in [0.4, 0.5) is 17.6 Å². The van der Waals surface area contributed by atoms with Crippen molar-refractivity contribution in [2.75, 3.05) is 10.7 Å². The summed E-state index contributed by atoms with van der Waals surface area (Å²) in [7, 11) is 0. The van der Waals surface area contributed by atoms with Crippen LogP contribution in [0.1, 0.15) is 22.9 Å². The van der Waals surface area contributed by atoms with E-state index in [4.69, 9.17) is 4.42 Å². The molecule has 0 bridgehead atoms. The Morgan fingerprint density at radius 1 is 1.00 bits per heavy atom. The molecule has 0 unspecified atom stereocenters. The SMILES string of the molecule is Cc1cc(C)n(-c2nc(N/N=C/c3ccc(C)o3)nc(Nc3ccc(Br)cc3)n2)n1. The molecule has 4 rings (SSSR count). The van der Waals surface area contributed by atoms with Crippen LogP contribution in [-0.4, -0.2) is 30.9 Å². The standard InChI is InChI=1S/C20H19BrN8O/c1-12-10-13(2)29(28-12)20-25-18(23-16-7-5-15(21)6-8-16)24-19(26-20)27-22-11-17-9-4-14(3)30-17/h4-11H,1-3H3,(H2,23,24,25,26,27)/b22-11+. The van der Waals surface area contributed by atoms with Crippen LogP contribution in [0.15, 0.2) is 56.5 Å². The van der Waals surface area contributed by atoms with Gasteiger partial charge in [-0.25, -0.2) is 10.1 Å². The van der Waals surface area contributed by atoms with Crippen molar-refractivity contribution >= 4 is 39.7 Å². The van der Waals surface area contributed by atoms with Crippen molar-refractivity contribution in [3.8, 4) is 5.95 Å².